The van der Waals surface area contributed by atoms with E-state index in [4.69, 9.17) is 19.9 Å². The third-order valence-electron chi connectivity index (χ3n) is 6.55. The molecule has 3 N–H and O–H groups in total. The van der Waals surface area contributed by atoms with E-state index in [0.29, 0.717) is 43.2 Å². The molecule has 0 unspecified atom stereocenters. The maximum absolute atomic E-state index is 13.1. The standard InChI is InChI=1S/C29H32N2O5/c1-2-35-24-12-10-23(11-13-24)29(14-16-34-17-15-29)20-31-28(33)22-7-5-6-21(18-22)19-36-26-9-4-3-8-25(26)27(30)32/h3-13,18H,2,14-17,19-20H2,1H3,(H2,30,32)(H,31,33). The van der Waals surface area contributed by atoms with Gasteiger partial charge in [-0.15, -0.1) is 0 Å². The van der Waals surface area contributed by atoms with Crippen LogP contribution in [0.1, 0.15) is 51.6 Å². The molecule has 1 aliphatic heterocycles. The molecule has 7 nitrogen and oxygen atoms in total. The highest BCUT2D eigenvalue weighted by atomic mass is 16.5. The van der Waals surface area contributed by atoms with Gasteiger partial charge in [0.1, 0.15) is 18.1 Å². The summed E-state index contributed by atoms with van der Waals surface area (Å²) < 4.78 is 17.0. The van der Waals surface area contributed by atoms with E-state index in [2.05, 4.69) is 17.4 Å². The molecule has 0 aliphatic carbocycles. The van der Waals surface area contributed by atoms with Gasteiger partial charge in [-0.1, -0.05) is 36.4 Å². The van der Waals surface area contributed by atoms with Crippen LogP contribution in [0.2, 0.25) is 0 Å². The number of hydrogen-bond acceptors (Lipinski definition) is 5. The summed E-state index contributed by atoms with van der Waals surface area (Å²) in [5.41, 5.74) is 8.09. The lowest BCUT2D eigenvalue weighted by Gasteiger charge is -2.38. The highest BCUT2D eigenvalue weighted by Crippen LogP contribution is 2.35. The highest BCUT2D eigenvalue weighted by molar-refractivity contribution is 5.95. The molecule has 1 saturated heterocycles. The molecule has 1 heterocycles. The second-order valence-corrected chi connectivity index (χ2v) is 8.88. The molecule has 1 aliphatic rings. The molecule has 3 aromatic rings. The van der Waals surface area contributed by atoms with Crippen LogP contribution in [0.15, 0.2) is 72.8 Å². The predicted octanol–water partition coefficient (Wildman–Crippen LogP) is 4.24. The predicted molar refractivity (Wildman–Crippen MR) is 137 cm³/mol. The quantitative estimate of drug-likeness (QED) is 0.445. The first-order valence-corrected chi connectivity index (χ1v) is 12.2. The van der Waals surface area contributed by atoms with Crippen LogP contribution < -0.4 is 20.5 Å². The Labute approximate surface area is 211 Å². The molecule has 4 rings (SSSR count). The Morgan fingerprint density at radius 3 is 2.44 bits per heavy atom. The van der Waals surface area contributed by atoms with Gasteiger partial charge in [-0.3, -0.25) is 9.59 Å². The van der Waals surface area contributed by atoms with Crippen molar-refractivity contribution in [3.8, 4) is 11.5 Å². The van der Waals surface area contributed by atoms with Gasteiger partial charge in [0.25, 0.3) is 11.8 Å². The van der Waals surface area contributed by atoms with Crippen LogP contribution in [-0.2, 0) is 16.8 Å². The van der Waals surface area contributed by atoms with Crippen molar-refractivity contribution in [2.75, 3.05) is 26.4 Å². The number of carbonyl (C=O) groups is 2. The lowest BCUT2D eigenvalue weighted by molar-refractivity contribution is 0.0487. The molecule has 36 heavy (non-hydrogen) atoms. The summed E-state index contributed by atoms with van der Waals surface area (Å²) >= 11 is 0. The van der Waals surface area contributed by atoms with Crippen LogP contribution in [0.5, 0.6) is 11.5 Å². The van der Waals surface area contributed by atoms with Crippen molar-refractivity contribution in [2.24, 2.45) is 5.73 Å². The molecule has 188 valence electrons. The smallest absolute Gasteiger partial charge is 0.252 e. The third-order valence-corrected chi connectivity index (χ3v) is 6.55. The second kappa shape index (κ2) is 11.7. The van der Waals surface area contributed by atoms with Gasteiger partial charge < -0.3 is 25.3 Å². The van der Waals surface area contributed by atoms with E-state index in [1.54, 1.807) is 36.4 Å². The highest BCUT2D eigenvalue weighted by Gasteiger charge is 2.35. The van der Waals surface area contributed by atoms with E-state index < -0.39 is 5.91 Å². The molecule has 0 atom stereocenters. The van der Waals surface area contributed by atoms with E-state index >= 15 is 0 Å². The number of hydrogen-bond donors (Lipinski definition) is 2. The minimum Gasteiger partial charge on any atom is -0.494 e. The molecule has 1 fully saturated rings. The lowest BCUT2D eigenvalue weighted by atomic mass is 9.74. The summed E-state index contributed by atoms with van der Waals surface area (Å²) in [6, 6.07) is 22.3. The number of ether oxygens (including phenoxy) is 3. The average molecular weight is 489 g/mol. The van der Waals surface area contributed by atoms with Gasteiger partial charge in [-0.25, -0.2) is 0 Å². The fraction of sp³-hybridized carbons (Fsp3) is 0.310. The summed E-state index contributed by atoms with van der Waals surface area (Å²) in [7, 11) is 0. The minimum absolute atomic E-state index is 0.147. The van der Waals surface area contributed by atoms with E-state index in [-0.39, 0.29) is 17.9 Å². The topological polar surface area (TPSA) is 99.9 Å². The van der Waals surface area contributed by atoms with Crippen molar-refractivity contribution in [1.82, 2.24) is 5.32 Å². The Morgan fingerprint density at radius 1 is 0.972 bits per heavy atom. The fourth-order valence-electron chi connectivity index (χ4n) is 4.51. The summed E-state index contributed by atoms with van der Waals surface area (Å²) in [4.78, 5) is 24.7. The zero-order valence-electron chi connectivity index (χ0n) is 20.5. The van der Waals surface area contributed by atoms with Gasteiger partial charge >= 0.3 is 0 Å². The van der Waals surface area contributed by atoms with E-state index in [0.717, 1.165) is 24.2 Å². The molecule has 0 spiro atoms. The largest absolute Gasteiger partial charge is 0.494 e. The van der Waals surface area contributed by atoms with Crippen LogP contribution in [0.3, 0.4) is 0 Å². The number of rotatable bonds is 10. The van der Waals surface area contributed by atoms with Gasteiger partial charge in [0.2, 0.25) is 0 Å². The Kier molecular flexibility index (Phi) is 8.23. The van der Waals surface area contributed by atoms with Gasteiger partial charge in [0, 0.05) is 30.7 Å². The van der Waals surface area contributed by atoms with Crippen LogP contribution in [0.25, 0.3) is 0 Å². The van der Waals surface area contributed by atoms with E-state index in [1.165, 1.54) is 5.56 Å². The first-order valence-electron chi connectivity index (χ1n) is 12.2. The molecular formula is C29H32N2O5. The van der Waals surface area contributed by atoms with Crippen molar-refractivity contribution in [2.45, 2.75) is 31.8 Å². The third kappa shape index (κ3) is 6.04. The normalized spacial score (nSPS) is 14.6. The first-order chi connectivity index (χ1) is 17.5. The van der Waals surface area contributed by atoms with E-state index in [9.17, 15) is 9.59 Å². The number of amides is 2. The molecule has 0 radical (unpaired) electrons. The van der Waals surface area contributed by atoms with Crippen molar-refractivity contribution in [3.05, 3.63) is 95.1 Å². The van der Waals surface area contributed by atoms with Gasteiger partial charge in [-0.05, 0) is 67.3 Å². The molecule has 7 heteroatoms. The Hall–Kier alpha value is -3.84. The summed E-state index contributed by atoms with van der Waals surface area (Å²) in [6.07, 6.45) is 1.66. The number of carbonyl (C=O) groups excluding carboxylic acids is 2. The number of nitrogens with two attached hydrogens (primary N) is 1. The Bertz CT molecular complexity index is 1190. The van der Waals surface area contributed by atoms with Crippen molar-refractivity contribution < 1.29 is 23.8 Å². The van der Waals surface area contributed by atoms with Crippen LogP contribution >= 0.6 is 0 Å². The molecule has 3 aromatic carbocycles. The summed E-state index contributed by atoms with van der Waals surface area (Å²) in [5, 5.41) is 3.15. The van der Waals surface area contributed by atoms with E-state index in [1.807, 2.05) is 31.2 Å². The van der Waals surface area contributed by atoms with Crippen molar-refractivity contribution in [1.29, 1.82) is 0 Å². The van der Waals surface area contributed by atoms with Crippen molar-refractivity contribution >= 4 is 11.8 Å². The zero-order valence-corrected chi connectivity index (χ0v) is 20.5. The number of benzene rings is 3. The summed E-state index contributed by atoms with van der Waals surface area (Å²) in [5.74, 6) is 0.557. The molecule has 0 saturated carbocycles. The Morgan fingerprint density at radius 2 is 1.72 bits per heavy atom. The van der Waals surface area contributed by atoms with Crippen LogP contribution in [0, 0.1) is 0 Å². The first kappa shape index (κ1) is 25.3. The Balaban J connectivity index is 1.43. The maximum Gasteiger partial charge on any atom is 0.252 e. The molecule has 2 amide bonds. The number of nitrogens with one attached hydrogen (secondary N) is 1. The van der Waals surface area contributed by atoms with Crippen LogP contribution in [0.4, 0.5) is 0 Å². The molecular weight excluding hydrogens is 456 g/mol. The minimum atomic E-state index is -0.548. The molecule has 0 bridgehead atoms. The number of primary amides is 1. The monoisotopic (exact) mass is 488 g/mol. The fourth-order valence-corrected chi connectivity index (χ4v) is 4.51. The van der Waals surface area contributed by atoms with Gasteiger partial charge in [0.05, 0.1) is 12.2 Å². The average Bonchev–Trinajstić information content (AvgIpc) is 2.92. The number of para-hydroxylation sites is 1. The van der Waals surface area contributed by atoms with Gasteiger partial charge in [0.15, 0.2) is 0 Å². The second-order valence-electron chi connectivity index (χ2n) is 8.88. The van der Waals surface area contributed by atoms with Crippen LogP contribution in [-0.4, -0.2) is 38.2 Å². The molecule has 0 aromatic heterocycles. The SMILES string of the molecule is CCOc1ccc(C2(CNC(=O)c3cccc(COc4ccccc4C(N)=O)c3)CCOCC2)cc1. The maximum atomic E-state index is 13.1. The lowest BCUT2D eigenvalue weighted by Crippen LogP contribution is -2.44. The zero-order chi connectivity index (χ0) is 25.4. The van der Waals surface area contributed by atoms with Crippen molar-refractivity contribution in [3.63, 3.8) is 0 Å². The van der Waals surface area contributed by atoms with Gasteiger partial charge in [-0.2, -0.15) is 0 Å². The summed E-state index contributed by atoms with van der Waals surface area (Å²) in [6.45, 7) is 4.61.